The fourth-order valence-electron chi connectivity index (χ4n) is 8.55. The summed E-state index contributed by atoms with van der Waals surface area (Å²) in [6, 6.07) is 0. The van der Waals surface area contributed by atoms with E-state index in [0.717, 1.165) is 161 Å². The van der Waals surface area contributed by atoms with Crippen LogP contribution in [0.3, 0.4) is 0 Å². The van der Waals surface area contributed by atoms with Crippen molar-refractivity contribution in [2.75, 3.05) is 47.5 Å². The number of esters is 2. The SMILES string of the molecule is CC/C=C\C/C=C\C/C=C\C/C=C\C/C=C\C/C=C\C/C=C\C/C=C\C/C=C\C/C=C\CCCCC(=O)OC(COC(=O)CCCCCCCCC/C=C\C/C=C\C/C=C\C/C=C\C/C=C\C/C=C\C/C=C\C/C=C\C/C=C\CC)COC(OCC[N+](C)(C)C)C(=O)[O-]. The predicted octanol–water partition coefficient (Wildman–Crippen LogP) is 21.3. The summed E-state index contributed by atoms with van der Waals surface area (Å²) >= 11 is 0. The highest BCUT2D eigenvalue weighted by atomic mass is 16.7. The van der Waals surface area contributed by atoms with Gasteiger partial charge in [0.05, 0.1) is 40.3 Å². The van der Waals surface area contributed by atoms with Gasteiger partial charge in [-0.3, -0.25) is 9.59 Å². The molecule has 0 bridgehead atoms. The number of quaternary nitrogens is 1. The summed E-state index contributed by atoms with van der Waals surface area (Å²) < 4.78 is 22.7. The molecule has 0 rings (SSSR count). The van der Waals surface area contributed by atoms with Crippen LogP contribution in [0.2, 0.25) is 0 Å². The van der Waals surface area contributed by atoms with Crippen LogP contribution in [0.5, 0.6) is 0 Å². The largest absolute Gasteiger partial charge is 0.545 e. The highest BCUT2D eigenvalue weighted by Gasteiger charge is 2.22. The molecule has 0 aromatic carbocycles. The summed E-state index contributed by atoms with van der Waals surface area (Å²) in [5.74, 6) is -2.39. The van der Waals surface area contributed by atoms with Gasteiger partial charge in [0.15, 0.2) is 12.4 Å². The number of rotatable bonds is 62. The maximum Gasteiger partial charge on any atom is 0.306 e. The van der Waals surface area contributed by atoms with Crippen molar-refractivity contribution in [1.29, 1.82) is 0 Å². The zero-order chi connectivity index (χ0) is 67.5. The number of carbonyl (C=O) groups excluding carboxylic acids is 3. The molecule has 93 heavy (non-hydrogen) atoms. The predicted molar refractivity (Wildman–Crippen MR) is 397 cm³/mol. The molecule has 0 fully saturated rings. The Morgan fingerprint density at radius 2 is 0.581 bits per heavy atom. The number of carboxylic acids is 1. The molecule has 9 heteroatoms. The third kappa shape index (κ3) is 72.6. The lowest BCUT2D eigenvalue weighted by Crippen LogP contribution is -2.44. The average Bonchev–Trinajstić information content (AvgIpc) is 3.74. The van der Waals surface area contributed by atoms with Gasteiger partial charge in [-0.25, -0.2) is 0 Å². The van der Waals surface area contributed by atoms with Gasteiger partial charge in [-0.1, -0.05) is 277 Å². The van der Waals surface area contributed by atoms with E-state index in [0.29, 0.717) is 23.9 Å². The van der Waals surface area contributed by atoms with Crippen LogP contribution in [0.15, 0.2) is 231 Å². The molecule has 0 aromatic rings. The van der Waals surface area contributed by atoms with E-state index < -0.39 is 30.3 Å². The number of allylic oxidation sites excluding steroid dienone is 38. The maximum absolute atomic E-state index is 12.9. The molecule has 0 aromatic heterocycles. The molecule has 0 radical (unpaired) electrons. The van der Waals surface area contributed by atoms with Gasteiger partial charge in [-0.05, 0) is 161 Å². The van der Waals surface area contributed by atoms with E-state index in [9.17, 15) is 19.5 Å². The summed E-state index contributed by atoms with van der Waals surface area (Å²) in [5, 5.41) is 11.8. The third-order valence-corrected chi connectivity index (χ3v) is 13.9. The molecule has 2 unspecified atom stereocenters. The summed E-state index contributed by atoms with van der Waals surface area (Å²) in [4.78, 5) is 37.5. The average molecular weight is 1280 g/mol. The first-order chi connectivity index (χ1) is 45.6. The number of carbonyl (C=O) groups is 3. The lowest BCUT2D eigenvalue weighted by Gasteiger charge is -2.26. The molecular weight excluding hydrogens is 1150 g/mol. The van der Waals surface area contributed by atoms with E-state index in [4.69, 9.17) is 18.9 Å². The van der Waals surface area contributed by atoms with E-state index in [1.165, 1.54) is 19.3 Å². The minimum Gasteiger partial charge on any atom is -0.545 e. The lowest BCUT2D eigenvalue weighted by molar-refractivity contribution is -0.870. The smallest absolute Gasteiger partial charge is 0.306 e. The van der Waals surface area contributed by atoms with E-state index >= 15 is 0 Å². The summed E-state index contributed by atoms with van der Waals surface area (Å²) in [7, 11) is 5.89. The van der Waals surface area contributed by atoms with Crippen molar-refractivity contribution in [3.8, 4) is 0 Å². The second kappa shape index (κ2) is 71.2. The molecule has 0 aliphatic heterocycles. The Morgan fingerprint density at radius 3 is 0.882 bits per heavy atom. The van der Waals surface area contributed by atoms with Gasteiger partial charge in [-0.2, -0.15) is 0 Å². The van der Waals surface area contributed by atoms with Crippen molar-refractivity contribution in [2.45, 2.75) is 232 Å². The summed E-state index contributed by atoms with van der Waals surface area (Å²) in [6.07, 6.45) is 111. The van der Waals surface area contributed by atoms with Gasteiger partial charge in [0.2, 0.25) is 0 Å². The fourth-order valence-corrected chi connectivity index (χ4v) is 8.55. The number of aliphatic carboxylic acids is 1. The first kappa shape index (κ1) is 86.4. The number of likely N-dealkylation sites (N-methyl/N-ethyl adjacent to an activating group) is 1. The number of carboxylic acid groups (broad SMARTS) is 1. The zero-order valence-electron chi connectivity index (χ0n) is 58.8. The minimum atomic E-state index is -1.65. The van der Waals surface area contributed by atoms with Crippen LogP contribution >= 0.6 is 0 Å². The molecule has 0 saturated heterocycles. The molecule has 0 aliphatic carbocycles. The number of ether oxygens (including phenoxy) is 4. The Labute approximate surface area is 568 Å². The molecule has 0 saturated carbocycles. The van der Waals surface area contributed by atoms with Crippen molar-refractivity contribution in [2.24, 2.45) is 0 Å². The van der Waals surface area contributed by atoms with Crippen LogP contribution in [-0.2, 0) is 33.3 Å². The minimum absolute atomic E-state index is 0.123. The van der Waals surface area contributed by atoms with Crippen LogP contribution in [0.1, 0.15) is 219 Å². The maximum atomic E-state index is 12.9. The third-order valence-electron chi connectivity index (χ3n) is 13.9. The number of nitrogens with zero attached hydrogens (tertiary/aromatic N) is 1. The zero-order valence-corrected chi connectivity index (χ0v) is 58.8. The second-order valence-electron chi connectivity index (χ2n) is 23.7. The van der Waals surface area contributed by atoms with Crippen LogP contribution in [0.4, 0.5) is 0 Å². The van der Waals surface area contributed by atoms with Crippen molar-refractivity contribution in [3.05, 3.63) is 231 Å². The number of unbranched alkanes of at least 4 members (excludes halogenated alkanes) is 9. The topological polar surface area (TPSA) is 111 Å². The number of hydrogen-bond donors (Lipinski definition) is 0. The van der Waals surface area contributed by atoms with E-state index in [1.54, 1.807) is 0 Å². The Balaban J connectivity index is 4.33. The van der Waals surface area contributed by atoms with E-state index in [-0.39, 0.29) is 32.7 Å². The normalized spacial score (nSPS) is 14.1. The summed E-state index contributed by atoms with van der Waals surface area (Å²) in [5.41, 5.74) is 0. The Hall–Kier alpha value is -6.65. The molecule has 0 spiro atoms. The van der Waals surface area contributed by atoms with Gasteiger partial charge >= 0.3 is 11.9 Å². The van der Waals surface area contributed by atoms with Gasteiger partial charge < -0.3 is 33.3 Å². The molecule has 9 nitrogen and oxygen atoms in total. The van der Waals surface area contributed by atoms with E-state index in [2.05, 4.69) is 245 Å². The first-order valence-electron chi connectivity index (χ1n) is 35.5. The molecule has 2 atom stereocenters. The van der Waals surface area contributed by atoms with Gasteiger partial charge in [0.1, 0.15) is 13.2 Å². The van der Waals surface area contributed by atoms with Crippen molar-refractivity contribution < 1.29 is 42.9 Å². The van der Waals surface area contributed by atoms with Gasteiger partial charge in [0, 0.05) is 12.8 Å². The Bertz CT molecular complexity index is 2380. The van der Waals surface area contributed by atoms with Crippen LogP contribution in [-0.4, -0.2) is 82.3 Å². The quantitative estimate of drug-likeness (QED) is 0.0195. The van der Waals surface area contributed by atoms with Crippen LogP contribution < -0.4 is 5.11 Å². The monoisotopic (exact) mass is 1280 g/mol. The Kier molecular flexibility index (Phi) is 66.1. The first-order valence-corrected chi connectivity index (χ1v) is 35.5. The summed E-state index contributed by atoms with van der Waals surface area (Å²) in [6.45, 7) is 4.42. The Morgan fingerprint density at radius 1 is 0.323 bits per heavy atom. The molecule has 0 amide bonds. The van der Waals surface area contributed by atoms with Crippen molar-refractivity contribution >= 4 is 17.9 Å². The fraction of sp³-hybridized carbons (Fsp3) is 0.512. The standard InChI is InChI=1S/C84H127NO8/c1-6-8-10-12-14-16-18-20-22-24-26-28-30-32-34-36-38-40-41-43-44-46-48-50-52-54-56-58-60-62-64-66-68-70-72-74-81(86)91-78-80(79-92-84(83(88)89)90-77-76-85(3,4)5)93-82(87)75-73-71-69-67-65-63-61-59-57-55-53-51-49-47-45-42-39-37-35-33-31-29-27-25-23-21-19-17-15-13-11-9-7-2/h8-11,14-17,20-23,26-29,32-35,38-40,42-44,47-50,53-56,59,61,65,67,80,84H,6-7,12-13,18-19,24-25,30-31,36-37,41,45-46,51-52,57-58,60,62-64,66,68-79H2,1-5H3/b10-8-,11-9-,16-14-,17-15-,22-20-,23-21-,28-26-,29-27-,34-32-,35-33-,40-38-,42-39-,44-43-,49-47-,50-48-,55-53-,56-54-,61-59-,67-65-. The van der Waals surface area contributed by atoms with Crippen LogP contribution in [0, 0.1) is 0 Å². The second-order valence-corrected chi connectivity index (χ2v) is 23.7. The van der Waals surface area contributed by atoms with Gasteiger partial charge in [-0.15, -0.1) is 0 Å². The highest BCUT2D eigenvalue weighted by molar-refractivity contribution is 5.70. The van der Waals surface area contributed by atoms with Gasteiger partial charge in [0.25, 0.3) is 0 Å². The number of hydrogen-bond acceptors (Lipinski definition) is 8. The van der Waals surface area contributed by atoms with Crippen LogP contribution in [0.25, 0.3) is 0 Å². The molecule has 0 N–H and O–H groups in total. The van der Waals surface area contributed by atoms with Crippen molar-refractivity contribution in [1.82, 2.24) is 0 Å². The highest BCUT2D eigenvalue weighted by Crippen LogP contribution is 2.13. The molecule has 516 valence electrons. The van der Waals surface area contributed by atoms with E-state index in [1.807, 2.05) is 21.1 Å². The lowest BCUT2D eigenvalue weighted by atomic mass is 10.1. The molecular formula is C84H127NO8. The molecule has 0 heterocycles. The molecule has 0 aliphatic rings. The van der Waals surface area contributed by atoms with Crippen molar-refractivity contribution in [3.63, 3.8) is 0 Å².